The van der Waals surface area contributed by atoms with E-state index in [2.05, 4.69) is 5.32 Å². The molecule has 0 aliphatic carbocycles. The maximum Gasteiger partial charge on any atom is 0.279 e. The Labute approximate surface area is 146 Å². The van der Waals surface area contributed by atoms with Crippen molar-refractivity contribution in [2.24, 2.45) is 0 Å². The summed E-state index contributed by atoms with van der Waals surface area (Å²) in [5.74, 6) is 2.09. The normalized spacial score (nSPS) is 11.7. The van der Waals surface area contributed by atoms with Crippen LogP contribution in [0.3, 0.4) is 0 Å². The quantitative estimate of drug-likeness (QED) is 0.695. The maximum atomic E-state index is 12.3. The van der Waals surface area contributed by atoms with Crippen molar-refractivity contribution in [1.82, 2.24) is 0 Å². The van der Waals surface area contributed by atoms with Gasteiger partial charge in [-0.2, -0.15) is 0 Å². The van der Waals surface area contributed by atoms with Crippen molar-refractivity contribution in [2.75, 3.05) is 11.9 Å². The molecular formula is C20H21N2O3+. The molecule has 0 aliphatic heterocycles. The molecule has 5 heteroatoms. The summed E-state index contributed by atoms with van der Waals surface area (Å²) in [6.07, 6.45) is 1.64. The number of para-hydroxylation sites is 3. The Hall–Kier alpha value is -3.05. The minimum absolute atomic E-state index is 0.0802. The largest absolute Gasteiger partial charge is 0.463 e. The van der Waals surface area contributed by atoms with E-state index in [0.29, 0.717) is 18.0 Å². The van der Waals surface area contributed by atoms with Gasteiger partial charge in [0.2, 0.25) is 0 Å². The van der Waals surface area contributed by atoms with E-state index in [1.807, 2.05) is 79.0 Å². The Morgan fingerprint density at radius 1 is 1.08 bits per heavy atom. The first-order chi connectivity index (χ1) is 12.2. The Bertz CT molecular complexity index is 801. The number of anilines is 1. The predicted molar refractivity (Wildman–Crippen MR) is 95.5 cm³/mol. The number of amides is 1. The Kier molecular flexibility index (Phi) is 5.49. The van der Waals surface area contributed by atoms with Crippen LogP contribution in [0.4, 0.5) is 5.69 Å². The molecule has 25 heavy (non-hydrogen) atoms. The summed E-state index contributed by atoms with van der Waals surface area (Å²) < 4.78 is 11.2. The van der Waals surface area contributed by atoms with Crippen LogP contribution in [0, 0.1) is 0 Å². The number of carbonyl (C=O) groups is 1. The van der Waals surface area contributed by atoms with Gasteiger partial charge < -0.3 is 19.8 Å². The SMILES string of the molecule is C[C@H]([NH2+]CC(=O)Nc1ccccc1Oc1ccccc1)c1ccco1. The fourth-order valence-corrected chi connectivity index (χ4v) is 2.43. The van der Waals surface area contributed by atoms with E-state index in [4.69, 9.17) is 9.15 Å². The zero-order valence-corrected chi connectivity index (χ0v) is 14.0. The number of rotatable bonds is 7. The summed E-state index contributed by atoms with van der Waals surface area (Å²) in [6, 6.07) is 20.7. The van der Waals surface area contributed by atoms with Crippen LogP contribution in [0.5, 0.6) is 11.5 Å². The lowest BCUT2D eigenvalue weighted by molar-refractivity contribution is -0.684. The molecule has 1 amide bonds. The van der Waals surface area contributed by atoms with Crippen LogP contribution in [0.2, 0.25) is 0 Å². The van der Waals surface area contributed by atoms with Crippen LogP contribution in [0.1, 0.15) is 18.7 Å². The number of benzene rings is 2. The molecule has 2 aromatic carbocycles. The first kappa shape index (κ1) is 16.8. The van der Waals surface area contributed by atoms with E-state index in [1.165, 1.54) is 0 Å². The molecule has 128 valence electrons. The third-order valence-corrected chi connectivity index (χ3v) is 3.78. The van der Waals surface area contributed by atoms with Gasteiger partial charge >= 0.3 is 0 Å². The molecule has 0 aliphatic rings. The van der Waals surface area contributed by atoms with Crippen molar-refractivity contribution in [3.63, 3.8) is 0 Å². The van der Waals surface area contributed by atoms with E-state index in [1.54, 1.807) is 6.26 Å². The zero-order chi connectivity index (χ0) is 17.5. The van der Waals surface area contributed by atoms with E-state index in [0.717, 1.165) is 11.5 Å². The first-order valence-electron chi connectivity index (χ1n) is 8.21. The molecular weight excluding hydrogens is 316 g/mol. The van der Waals surface area contributed by atoms with Crippen LogP contribution in [0.15, 0.2) is 77.4 Å². The number of furan rings is 1. The molecule has 1 aromatic heterocycles. The van der Waals surface area contributed by atoms with Crippen molar-refractivity contribution in [1.29, 1.82) is 0 Å². The Morgan fingerprint density at radius 2 is 1.84 bits per heavy atom. The van der Waals surface area contributed by atoms with Gasteiger partial charge in [0.25, 0.3) is 5.91 Å². The number of ether oxygens (including phenoxy) is 1. The minimum Gasteiger partial charge on any atom is -0.463 e. The van der Waals surface area contributed by atoms with Gasteiger partial charge in [-0.25, -0.2) is 0 Å². The zero-order valence-electron chi connectivity index (χ0n) is 14.0. The Morgan fingerprint density at radius 3 is 2.60 bits per heavy atom. The third-order valence-electron chi connectivity index (χ3n) is 3.78. The lowest BCUT2D eigenvalue weighted by Gasteiger charge is -2.12. The summed E-state index contributed by atoms with van der Waals surface area (Å²) in [5, 5.41) is 4.83. The van der Waals surface area contributed by atoms with Crippen LogP contribution in [-0.4, -0.2) is 12.5 Å². The molecule has 0 unspecified atom stereocenters. The summed E-state index contributed by atoms with van der Waals surface area (Å²) in [4.78, 5) is 12.3. The number of nitrogens with two attached hydrogens (primary N) is 1. The van der Waals surface area contributed by atoms with Gasteiger partial charge in [-0.15, -0.1) is 0 Å². The van der Waals surface area contributed by atoms with Crippen molar-refractivity contribution in [3.05, 3.63) is 78.8 Å². The number of nitrogens with one attached hydrogen (secondary N) is 1. The second kappa shape index (κ2) is 8.17. The van der Waals surface area contributed by atoms with Crippen LogP contribution in [-0.2, 0) is 4.79 Å². The highest BCUT2D eigenvalue weighted by molar-refractivity contribution is 5.92. The molecule has 1 heterocycles. The number of quaternary nitrogens is 1. The molecule has 0 saturated carbocycles. The molecule has 0 spiro atoms. The van der Waals surface area contributed by atoms with Gasteiger partial charge in [-0.1, -0.05) is 30.3 Å². The third kappa shape index (κ3) is 4.71. The monoisotopic (exact) mass is 337 g/mol. The summed E-state index contributed by atoms with van der Waals surface area (Å²) in [7, 11) is 0. The number of hydrogen-bond donors (Lipinski definition) is 2. The minimum atomic E-state index is -0.0949. The van der Waals surface area contributed by atoms with Crippen LogP contribution in [0.25, 0.3) is 0 Å². The highest BCUT2D eigenvalue weighted by Crippen LogP contribution is 2.28. The fourth-order valence-electron chi connectivity index (χ4n) is 2.43. The van der Waals surface area contributed by atoms with Gasteiger partial charge in [0, 0.05) is 0 Å². The second-order valence-corrected chi connectivity index (χ2v) is 5.70. The molecule has 0 radical (unpaired) electrons. The van der Waals surface area contributed by atoms with Gasteiger partial charge in [-0.3, -0.25) is 4.79 Å². The highest BCUT2D eigenvalue weighted by atomic mass is 16.5. The van der Waals surface area contributed by atoms with E-state index >= 15 is 0 Å². The summed E-state index contributed by atoms with van der Waals surface area (Å²) in [6.45, 7) is 2.29. The number of carbonyl (C=O) groups excluding carboxylic acids is 1. The number of hydrogen-bond acceptors (Lipinski definition) is 3. The highest BCUT2D eigenvalue weighted by Gasteiger charge is 2.15. The average Bonchev–Trinajstić information content (AvgIpc) is 3.17. The van der Waals surface area contributed by atoms with Crippen molar-refractivity contribution in [2.45, 2.75) is 13.0 Å². The maximum absolute atomic E-state index is 12.3. The molecule has 5 nitrogen and oxygen atoms in total. The van der Waals surface area contributed by atoms with E-state index in [-0.39, 0.29) is 11.9 Å². The summed E-state index contributed by atoms with van der Waals surface area (Å²) >= 11 is 0. The summed E-state index contributed by atoms with van der Waals surface area (Å²) in [5.41, 5.74) is 0.649. The smallest absolute Gasteiger partial charge is 0.279 e. The molecule has 3 N–H and O–H groups in total. The molecule has 3 rings (SSSR count). The second-order valence-electron chi connectivity index (χ2n) is 5.70. The fraction of sp³-hybridized carbons (Fsp3) is 0.150. The molecule has 0 bridgehead atoms. The lowest BCUT2D eigenvalue weighted by Crippen LogP contribution is -2.86. The predicted octanol–water partition coefficient (Wildman–Crippen LogP) is 3.34. The van der Waals surface area contributed by atoms with Crippen LogP contribution >= 0.6 is 0 Å². The Balaban J connectivity index is 1.59. The standard InChI is InChI=1S/C20H20N2O3/c1-15(18-12-7-13-24-18)21-14-20(23)22-17-10-5-6-11-19(17)25-16-8-3-2-4-9-16/h2-13,15,21H,14H2,1H3,(H,22,23)/p+1/t15-/m0/s1. The van der Waals surface area contributed by atoms with E-state index in [9.17, 15) is 4.79 Å². The van der Waals surface area contributed by atoms with Gasteiger partial charge in [-0.05, 0) is 43.3 Å². The molecule has 1 atom stereocenters. The van der Waals surface area contributed by atoms with Gasteiger partial charge in [0.15, 0.2) is 18.1 Å². The van der Waals surface area contributed by atoms with E-state index < -0.39 is 0 Å². The topological polar surface area (TPSA) is 68.1 Å². The van der Waals surface area contributed by atoms with Crippen molar-refractivity contribution < 1.29 is 19.3 Å². The van der Waals surface area contributed by atoms with Crippen LogP contribution < -0.4 is 15.4 Å². The van der Waals surface area contributed by atoms with Crippen molar-refractivity contribution >= 4 is 11.6 Å². The molecule has 0 fully saturated rings. The van der Waals surface area contributed by atoms with Gasteiger partial charge in [0.05, 0.1) is 12.0 Å². The van der Waals surface area contributed by atoms with Crippen molar-refractivity contribution in [3.8, 4) is 11.5 Å². The average molecular weight is 337 g/mol. The molecule has 3 aromatic rings. The molecule has 0 saturated heterocycles. The first-order valence-corrected chi connectivity index (χ1v) is 8.21. The lowest BCUT2D eigenvalue weighted by atomic mass is 10.2. The van der Waals surface area contributed by atoms with Gasteiger partial charge in [0.1, 0.15) is 11.8 Å².